The molecule has 0 saturated heterocycles. The third-order valence-corrected chi connectivity index (χ3v) is 5.43. The van der Waals surface area contributed by atoms with Gasteiger partial charge in [-0.25, -0.2) is 4.90 Å². The quantitative estimate of drug-likeness (QED) is 0.506. The summed E-state index contributed by atoms with van der Waals surface area (Å²) in [6.45, 7) is 0. The minimum Gasteiger partial charge on any atom is -0.497 e. The molecule has 0 unspecified atom stereocenters. The largest absolute Gasteiger partial charge is 0.497 e. The Morgan fingerprint density at radius 1 is 0.676 bits per heavy atom. The zero-order valence-electron chi connectivity index (χ0n) is 19.2. The number of ether oxygens (including phenoxy) is 4. The van der Waals surface area contributed by atoms with E-state index in [2.05, 4.69) is 5.32 Å². The Morgan fingerprint density at radius 3 is 2.03 bits per heavy atom. The SMILES string of the molecule is COc1ccc(N2C(=O)C(Nc3ccc(OC)c(OC)c3)=C(c3ccccc3)C2=O)c(OC)c1. The van der Waals surface area contributed by atoms with Gasteiger partial charge in [-0.2, -0.15) is 0 Å². The highest BCUT2D eigenvalue weighted by atomic mass is 16.5. The topological polar surface area (TPSA) is 86.3 Å². The lowest BCUT2D eigenvalue weighted by atomic mass is 10.0. The van der Waals surface area contributed by atoms with E-state index in [-0.39, 0.29) is 11.3 Å². The molecule has 1 aliphatic heterocycles. The van der Waals surface area contributed by atoms with Crippen LogP contribution in [0.15, 0.2) is 72.4 Å². The lowest BCUT2D eigenvalue weighted by molar-refractivity contribution is -0.120. The molecule has 3 aromatic carbocycles. The van der Waals surface area contributed by atoms with Crippen molar-refractivity contribution in [2.45, 2.75) is 0 Å². The van der Waals surface area contributed by atoms with E-state index in [1.807, 2.05) is 18.2 Å². The lowest BCUT2D eigenvalue weighted by Crippen LogP contribution is -2.32. The molecule has 8 nitrogen and oxygen atoms in total. The Bertz CT molecular complexity index is 1270. The Hall–Kier alpha value is -4.46. The van der Waals surface area contributed by atoms with Gasteiger partial charge >= 0.3 is 0 Å². The van der Waals surface area contributed by atoms with Crippen LogP contribution >= 0.6 is 0 Å². The first-order valence-electron chi connectivity index (χ1n) is 10.4. The number of benzene rings is 3. The predicted octanol–water partition coefficient (Wildman–Crippen LogP) is 4.12. The summed E-state index contributed by atoms with van der Waals surface area (Å²) >= 11 is 0. The van der Waals surface area contributed by atoms with Crippen molar-refractivity contribution >= 4 is 28.8 Å². The number of carbonyl (C=O) groups excluding carboxylic acids is 2. The fraction of sp³-hybridized carbons (Fsp3) is 0.154. The second-order valence-electron chi connectivity index (χ2n) is 7.29. The average molecular weight is 460 g/mol. The van der Waals surface area contributed by atoms with Crippen LogP contribution in [-0.4, -0.2) is 40.3 Å². The van der Waals surface area contributed by atoms with Crippen LogP contribution in [0, 0.1) is 0 Å². The van der Waals surface area contributed by atoms with Gasteiger partial charge in [-0.3, -0.25) is 9.59 Å². The fourth-order valence-corrected chi connectivity index (χ4v) is 3.77. The van der Waals surface area contributed by atoms with Crippen LogP contribution in [0.4, 0.5) is 11.4 Å². The smallest absolute Gasteiger partial charge is 0.282 e. The zero-order valence-corrected chi connectivity index (χ0v) is 19.2. The average Bonchev–Trinajstić information content (AvgIpc) is 3.12. The maximum Gasteiger partial charge on any atom is 0.282 e. The monoisotopic (exact) mass is 460 g/mol. The number of nitrogens with zero attached hydrogens (tertiary/aromatic N) is 1. The first-order chi connectivity index (χ1) is 16.5. The van der Waals surface area contributed by atoms with Gasteiger partial charge in [0.1, 0.15) is 17.2 Å². The molecular formula is C26H24N2O6. The van der Waals surface area contributed by atoms with Crippen LogP contribution in [0.3, 0.4) is 0 Å². The highest BCUT2D eigenvalue weighted by Gasteiger charge is 2.41. The van der Waals surface area contributed by atoms with Crippen molar-refractivity contribution in [3.8, 4) is 23.0 Å². The third kappa shape index (κ3) is 4.01. The lowest BCUT2D eigenvalue weighted by Gasteiger charge is -2.19. The molecule has 0 fully saturated rings. The standard InChI is InChI=1S/C26H24N2O6/c1-31-18-11-12-19(21(15-18)33-3)28-25(29)23(16-8-6-5-7-9-16)24(26(28)30)27-17-10-13-20(32-2)22(14-17)34-4/h5-15,27H,1-4H3. The first-order valence-corrected chi connectivity index (χ1v) is 10.4. The summed E-state index contributed by atoms with van der Waals surface area (Å²) in [7, 11) is 6.07. The van der Waals surface area contributed by atoms with Crippen molar-refractivity contribution in [1.82, 2.24) is 0 Å². The Balaban J connectivity index is 1.82. The second kappa shape index (κ2) is 9.58. The number of hydrogen-bond acceptors (Lipinski definition) is 7. The van der Waals surface area contributed by atoms with Crippen LogP contribution in [-0.2, 0) is 9.59 Å². The van der Waals surface area contributed by atoms with E-state index in [1.165, 1.54) is 21.3 Å². The highest BCUT2D eigenvalue weighted by Crippen LogP contribution is 2.40. The van der Waals surface area contributed by atoms with Crippen molar-refractivity contribution in [1.29, 1.82) is 0 Å². The number of nitrogens with one attached hydrogen (secondary N) is 1. The predicted molar refractivity (Wildman–Crippen MR) is 129 cm³/mol. The zero-order chi connectivity index (χ0) is 24.2. The maximum absolute atomic E-state index is 13.6. The van der Waals surface area contributed by atoms with Crippen molar-refractivity contribution in [3.63, 3.8) is 0 Å². The van der Waals surface area contributed by atoms with E-state index >= 15 is 0 Å². The molecule has 0 aromatic heterocycles. The summed E-state index contributed by atoms with van der Waals surface area (Å²) < 4.78 is 21.4. The number of amides is 2. The van der Waals surface area contributed by atoms with Crippen LogP contribution in [0.2, 0.25) is 0 Å². The fourth-order valence-electron chi connectivity index (χ4n) is 3.77. The van der Waals surface area contributed by atoms with Crippen LogP contribution in [0.5, 0.6) is 23.0 Å². The van der Waals surface area contributed by atoms with Gasteiger partial charge in [-0.15, -0.1) is 0 Å². The second-order valence-corrected chi connectivity index (χ2v) is 7.29. The first kappa shape index (κ1) is 22.7. The third-order valence-electron chi connectivity index (χ3n) is 5.43. The van der Waals surface area contributed by atoms with Gasteiger partial charge in [0.05, 0.1) is 39.7 Å². The van der Waals surface area contributed by atoms with E-state index in [4.69, 9.17) is 18.9 Å². The highest BCUT2D eigenvalue weighted by molar-refractivity contribution is 6.46. The summed E-state index contributed by atoms with van der Waals surface area (Å²) in [5.41, 5.74) is 1.87. The minimum absolute atomic E-state index is 0.140. The molecular weight excluding hydrogens is 436 g/mol. The maximum atomic E-state index is 13.6. The van der Waals surface area contributed by atoms with Gasteiger partial charge in [0, 0.05) is 17.8 Å². The molecule has 1 N–H and O–H groups in total. The van der Waals surface area contributed by atoms with Crippen LogP contribution < -0.4 is 29.2 Å². The Kier molecular flexibility index (Phi) is 6.40. The van der Waals surface area contributed by atoms with Gasteiger partial charge in [-0.05, 0) is 29.8 Å². The summed E-state index contributed by atoms with van der Waals surface area (Å²) in [5.74, 6) is 0.925. The molecule has 174 valence electrons. The molecule has 8 heteroatoms. The molecule has 0 aliphatic carbocycles. The molecule has 0 saturated carbocycles. The Morgan fingerprint density at radius 2 is 1.38 bits per heavy atom. The summed E-state index contributed by atoms with van der Waals surface area (Å²) in [4.78, 5) is 28.4. The van der Waals surface area contributed by atoms with Gasteiger partial charge in [0.15, 0.2) is 11.5 Å². The molecule has 0 atom stereocenters. The molecule has 1 aliphatic rings. The summed E-state index contributed by atoms with van der Waals surface area (Å²) in [6, 6.07) is 19.1. The van der Waals surface area contributed by atoms with Gasteiger partial charge < -0.3 is 24.3 Å². The number of hydrogen-bond donors (Lipinski definition) is 1. The summed E-state index contributed by atoms with van der Waals surface area (Å²) in [5, 5.41) is 3.12. The summed E-state index contributed by atoms with van der Waals surface area (Å²) in [6.07, 6.45) is 0. The normalized spacial score (nSPS) is 13.2. The number of carbonyl (C=O) groups is 2. The van der Waals surface area contributed by atoms with Gasteiger partial charge in [-0.1, -0.05) is 30.3 Å². The molecule has 3 aromatic rings. The van der Waals surface area contributed by atoms with Crippen molar-refractivity contribution in [2.24, 2.45) is 0 Å². The van der Waals surface area contributed by atoms with Crippen LogP contribution in [0.25, 0.3) is 5.57 Å². The van der Waals surface area contributed by atoms with Crippen molar-refractivity contribution in [2.75, 3.05) is 38.7 Å². The Labute approximate surface area is 197 Å². The van der Waals surface area contributed by atoms with Gasteiger partial charge in [0.2, 0.25) is 0 Å². The van der Waals surface area contributed by atoms with E-state index < -0.39 is 11.8 Å². The van der Waals surface area contributed by atoms with Crippen molar-refractivity contribution < 1.29 is 28.5 Å². The molecule has 0 spiro atoms. The molecule has 2 amide bonds. The number of methoxy groups -OCH3 is 4. The van der Waals surface area contributed by atoms with Gasteiger partial charge in [0.25, 0.3) is 11.8 Å². The number of anilines is 2. The van der Waals surface area contributed by atoms with E-state index in [0.29, 0.717) is 39.9 Å². The molecule has 4 rings (SSSR count). The molecule has 0 bridgehead atoms. The van der Waals surface area contributed by atoms with E-state index in [0.717, 1.165) is 4.90 Å². The van der Waals surface area contributed by atoms with E-state index in [9.17, 15) is 9.59 Å². The molecule has 1 heterocycles. The molecule has 34 heavy (non-hydrogen) atoms. The molecule has 0 radical (unpaired) electrons. The number of rotatable bonds is 8. The number of imide groups is 1. The van der Waals surface area contributed by atoms with Crippen LogP contribution in [0.1, 0.15) is 5.56 Å². The van der Waals surface area contributed by atoms with Crippen molar-refractivity contribution in [3.05, 3.63) is 78.0 Å². The van der Waals surface area contributed by atoms with E-state index in [1.54, 1.807) is 55.6 Å². The minimum atomic E-state index is -0.512.